The Balaban J connectivity index is 1.30. The third-order valence-corrected chi connectivity index (χ3v) is 9.04. The van der Waals surface area contributed by atoms with Gasteiger partial charge in [-0.15, -0.1) is 11.3 Å². The molecular formula is C30H32N4O4S. The molecule has 8 nitrogen and oxygen atoms in total. The van der Waals surface area contributed by atoms with Gasteiger partial charge in [-0.1, -0.05) is 49.9 Å². The highest BCUT2D eigenvalue weighted by atomic mass is 32.1. The molecule has 3 aliphatic rings. The Morgan fingerprint density at radius 2 is 1.90 bits per heavy atom. The van der Waals surface area contributed by atoms with Gasteiger partial charge in [0.2, 0.25) is 11.8 Å². The Labute approximate surface area is 231 Å². The van der Waals surface area contributed by atoms with E-state index in [9.17, 15) is 19.5 Å². The van der Waals surface area contributed by atoms with Crippen LogP contribution in [0.1, 0.15) is 56.9 Å². The van der Waals surface area contributed by atoms with E-state index in [2.05, 4.69) is 4.98 Å². The molecule has 202 valence electrons. The summed E-state index contributed by atoms with van der Waals surface area (Å²) in [5.41, 5.74) is 4.47. The summed E-state index contributed by atoms with van der Waals surface area (Å²) in [5, 5.41) is 12.2. The minimum absolute atomic E-state index is 0.0334. The molecule has 2 aromatic heterocycles. The van der Waals surface area contributed by atoms with Crippen molar-refractivity contribution in [3.05, 3.63) is 47.5 Å². The molecule has 0 spiro atoms. The van der Waals surface area contributed by atoms with E-state index in [0.717, 1.165) is 66.5 Å². The minimum Gasteiger partial charge on any atom is -0.481 e. The van der Waals surface area contributed by atoms with Crippen molar-refractivity contribution in [1.82, 2.24) is 9.97 Å². The molecule has 1 aliphatic heterocycles. The highest BCUT2D eigenvalue weighted by Crippen LogP contribution is 2.41. The molecule has 2 aliphatic carbocycles. The molecule has 6 rings (SSSR count). The predicted octanol–water partition coefficient (Wildman–Crippen LogP) is 5.56. The van der Waals surface area contributed by atoms with Gasteiger partial charge in [-0.05, 0) is 36.8 Å². The molecule has 0 bridgehead atoms. The number of aliphatic carboxylic acids is 1. The lowest BCUT2D eigenvalue weighted by Crippen LogP contribution is -2.39. The van der Waals surface area contributed by atoms with Crippen LogP contribution in [0, 0.1) is 11.8 Å². The van der Waals surface area contributed by atoms with Gasteiger partial charge >= 0.3 is 5.97 Å². The lowest BCUT2D eigenvalue weighted by atomic mass is 9.90. The summed E-state index contributed by atoms with van der Waals surface area (Å²) in [6, 6.07) is 10.1. The van der Waals surface area contributed by atoms with Gasteiger partial charge in [-0.2, -0.15) is 0 Å². The van der Waals surface area contributed by atoms with Crippen molar-refractivity contribution in [3.8, 4) is 22.4 Å². The summed E-state index contributed by atoms with van der Waals surface area (Å²) in [7, 11) is 1.74. The number of carboxylic acids is 1. The quantitative estimate of drug-likeness (QED) is 0.378. The monoisotopic (exact) mass is 544 g/mol. The van der Waals surface area contributed by atoms with Crippen molar-refractivity contribution < 1.29 is 19.5 Å². The summed E-state index contributed by atoms with van der Waals surface area (Å²) in [6.07, 6.45) is 8.93. The fraction of sp³-hybridized carbons (Fsp3) is 0.433. The van der Waals surface area contributed by atoms with Crippen molar-refractivity contribution in [2.45, 2.75) is 63.8 Å². The molecule has 1 atom stereocenters. The van der Waals surface area contributed by atoms with Crippen molar-refractivity contribution in [2.24, 2.45) is 11.8 Å². The fourth-order valence-corrected chi connectivity index (χ4v) is 6.93. The predicted molar refractivity (Wildman–Crippen MR) is 151 cm³/mol. The Hall–Kier alpha value is -3.59. The normalized spacial score (nSPS) is 17.9. The van der Waals surface area contributed by atoms with Gasteiger partial charge in [-0.25, -0.2) is 9.97 Å². The number of carbonyl (C=O) groups is 3. The molecule has 1 unspecified atom stereocenters. The van der Waals surface area contributed by atoms with Gasteiger partial charge in [0, 0.05) is 47.3 Å². The van der Waals surface area contributed by atoms with E-state index >= 15 is 0 Å². The largest absolute Gasteiger partial charge is 0.481 e. The summed E-state index contributed by atoms with van der Waals surface area (Å²) in [4.78, 5) is 50.6. The number of hydrogen-bond acceptors (Lipinski definition) is 6. The molecule has 1 aromatic carbocycles. The standard InChI is InChI=1S/C30H32N4O4S/c1-33-26(35)14-19-13-21(16-31-28(19)33)23-8-4-5-9-24(23)25-17-39-30(32-25)34(22-10-11-22)29(38)20(15-27(36)37)12-18-6-2-3-7-18/h4-5,8-9,13,16-18,20,22H,2-3,6-7,10-12,14-15H2,1H3,(H,36,37). The summed E-state index contributed by atoms with van der Waals surface area (Å²) < 4.78 is 0. The molecule has 0 radical (unpaired) electrons. The first-order valence-electron chi connectivity index (χ1n) is 13.7. The van der Waals surface area contributed by atoms with Crippen LogP contribution in [0.4, 0.5) is 10.9 Å². The number of likely N-dealkylation sites (N-methyl/N-ethyl adjacent to an activating group) is 1. The van der Waals surface area contributed by atoms with Gasteiger partial charge in [0.25, 0.3) is 0 Å². The topological polar surface area (TPSA) is 104 Å². The van der Waals surface area contributed by atoms with E-state index in [1.54, 1.807) is 23.0 Å². The van der Waals surface area contributed by atoms with E-state index in [1.807, 2.05) is 35.7 Å². The lowest BCUT2D eigenvalue weighted by Gasteiger charge is -2.26. The zero-order chi connectivity index (χ0) is 27.1. The van der Waals surface area contributed by atoms with Crippen LogP contribution in [0.5, 0.6) is 0 Å². The zero-order valence-corrected chi connectivity index (χ0v) is 22.8. The second kappa shape index (κ2) is 10.5. The van der Waals surface area contributed by atoms with E-state index in [-0.39, 0.29) is 24.3 Å². The Morgan fingerprint density at radius 3 is 2.62 bits per heavy atom. The highest BCUT2D eigenvalue weighted by Gasteiger charge is 2.40. The molecule has 2 saturated carbocycles. The number of pyridine rings is 1. The Kier molecular flexibility index (Phi) is 6.93. The number of thiazole rings is 1. The molecule has 0 saturated heterocycles. The number of hydrogen-bond donors (Lipinski definition) is 1. The molecule has 2 fully saturated rings. The van der Waals surface area contributed by atoms with Crippen LogP contribution in [-0.2, 0) is 20.8 Å². The molecule has 9 heteroatoms. The molecule has 3 heterocycles. The number of aromatic nitrogens is 2. The molecular weight excluding hydrogens is 512 g/mol. The fourth-order valence-electron chi connectivity index (χ4n) is 6.03. The smallest absolute Gasteiger partial charge is 0.304 e. The molecule has 2 amide bonds. The second-order valence-electron chi connectivity index (χ2n) is 11.0. The van der Waals surface area contributed by atoms with Gasteiger partial charge in [0.1, 0.15) is 5.82 Å². The molecule has 3 aromatic rings. The first kappa shape index (κ1) is 25.7. The van der Waals surface area contributed by atoms with Crippen LogP contribution in [0.3, 0.4) is 0 Å². The third-order valence-electron chi connectivity index (χ3n) is 8.20. The number of carboxylic acid groups (broad SMARTS) is 1. The van der Waals surface area contributed by atoms with Crippen molar-refractivity contribution >= 4 is 40.1 Å². The van der Waals surface area contributed by atoms with Gasteiger partial charge in [0.05, 0.1) is 18.5 Å². The van der Waals surface area contributed by atoms with E-state index < -0.39 is 11.9 Å². The number of amides is 2. The van der Waals surface area contributed by atoms with Crippen molar-refractivity contribution in [3.63, 3.8) is 0 Å². The van der Waals surface area contributed by atoms with Crippen LogP contribution in [0.15, 0.2) is 41.9 Å². The van der Waals surface area contributed by atoms with Crippen LogP contribution < -0.4 is 9.80 Å². The average molecular weight is 545 g/mol. The lowest BCUT2D eigenvalue weighted by molar-refractivity contribution is -0.141. The van der Waals surface area contributed by atoms with E-state index in [4.69, 9.17) is 4.98 Å². The summed E-state index contributed by atoms with van der Waals surface area (Å²) in [5.74, 6) is -0.391. The minimum atomic E-state index is -0.924. The number of benzene rings is 1. The third kappa shape index (κ3) is 5.20. The molecule has 1 N–H and O–H groups in total. The SMILES string of the molecule is CN1C(=O)Cc2cc(-c3ccccc3-c3csc(N(C(=O)C(CC(=O)O)CC4CCCC4)C4CC4)n3)cnc21. The van der Waals surface area contributed by atoms with E-state index in [1.165, 1.54) is 11.3 Å². The number of rotatable bonds is 9. The highest BCUT2D eigenvalue weighted by molar-refractivity contribution is 7.14. The zero-order valence-electron chi connectivity index (χ0n) is 22.0. The first-order chi connectivity index (χ1) is 18.9. The van der Waals surface area contributed by atoms with Crippen LogP contribution in [-0.4, -0.2) is 45.9 Å². The number of carbonyl (C=O) groups excluding carboxylic acids is 2. The maximum atomic E-state index is 13.8. The number of anilines is 2. The van der Waals surface area contributed by atoms with E-state index in [0.29, 0.717) is 29.7 Å². The maximum absolute atomic E-state index is 13.8. The Morgan fingerprint density at radius 1 is 1.15 bits per heavy atom. The maximum Gasteiger partial charge on any atom is 0.304 e. The van der Waals surface area contributed by atoms with Gasteiger partial charge < -0.3 is 5.11 Å². The summed E-state index contributed by atoms with van der Waals surface area (Å²) in [6.45, 7) is 0. The van der Waals surface area contributed by atoms with Crippen LogP contribution >= 0.6 is 11.3 Å². The molecule has 39 heavy (non-hydrogen) atoms. The second-order valence-corrected chi connectivity index (χ2v) is 11.9. The number of nitrogens with zero attached hydrogens (tertiary/aromatic N) is 4. The number of fused-ring (bicyclic) bond motifs is 1. The van der Waals surface area contributed by atoms with Crippen LogP contribution in [0.2, 0.25) is 0 Å². The average Bonchev–Trinajstić information content (AvgIpc) is 3.29. The van der Waals surface area contributed by atoms with Gasteiger partial charge in [0.15, 0.2) is 5.13 Å². The summed E-state index contributed by atoms with van der Waals surface area (Å²) >= 11 is 1.43. The first-order valence-corrected chi connectivity index (χ1v) is 14.6. The van der Waals surface area contributed by atoms with Crippen molar-refractivity contribution in [2.75, 3.05) is 16.8 Å². The van der Waals surface area contributed by atoms with Crippen LogP contribution in [0.25, 0.3) is 22.4 Å². The van der Waals surface area contributed by atoms with Gasteiger partial charge in [-0.3, -0.25) is 24.2 Å². The Bertz CT molecular complexity index is 1430. The van der Waals surface area contributed by atoms with Crippen molar-refractivity contribution in [1.29, 1.82) is 0 Å².